The first kappa shape index (κ1) is 19.1. The number of amides is 1. The molecule has 0 saturated heterocycles. The van der Waals surface area contributed by atoms with Gasteiger partial charge in [-0.05, 0) is 33.6 Å². The molecule has 4 nitrogen and oxygen atoms in total. The highest BCUT2D eigenvalue weighted by molar-refractivity contribution is 5.93. The number of carbonyl (C=O) groups excluding carboxylic acids is 2. The normalized spacial score (nSPS) is 15.9. The lowest BCUT2D eigenvalue weighted by molar-refractivity contribution is -0.133. The molecule has 118 valence electrons. The summed E-state index contributed by atoms with van der Waals surface area (Å²) in [6.45, 7) is 17.4. The number of carbonyl (C=O) groups is 2. The van der Waals surface area contributed by atoms with Gasteiger partial charge in [-0.3, -0.25) is 9.59 Å². The first-order chi connectivity index (χ1) is 8.75. The van der Waals surface area contributed by atoms with Crippen molar-refractivity contribution in [2.75, 3.05) is 0 Å². The zero-order valence-electron chi connectivity index (χ0n) is 14.5. The Kier molecular flexibility index (Phi) is 6.40. The quantitative estimate of drug-likeness (QED) is 0.815. The molecule has 0 radical (unpaired) electrons. The number of nitrogens with one attached hydrogen (secondary N) is 2. The van der Waals surface area contributed by atoms with Gasteiger partial charge in [-0.15, -0.1) is 0 Å². The Morgan fingerprint density at radius 3 is 1.65 bits per heavy atom. The van der Waals surface area contributed by atoms with Crippen molar-refractivity contribution in [2.45, 2.75) is 79.9 Å². The first-order valence-corrected chi connectivity index (χ1v) is 7.38. The van der Waals surface area contributed by atoms with Gasteiger partial charge in [-0.2, -0.15) is 0 Å². The van der Waals surface area contributed by atoms with Gasteiger partial charge >= 0.3 is 0 Å². The van der Waals surface area contributed by atoms with E-state index in [1.807, 2.05) is 55.4 Å². The lowest BCUT2D eigenvalue weighted by Crippen LogP contribution is -2.57. The second-order valence-electron chi connectivity index (χ2n) is 7.96. The molecule has 0 aromatic heterocycles. The molecule has 0 aromatic carbocycles. The predicted octanol–water partition coefficient (Wildman–Crippen LogP) is 2.52. The summed E-state index contributed by atoms with van der Waals surface area (Å²) >= 11 is 0. The van der Waals surface area contributed by atoms with Gasteiger partial charge in [0.25, 0.3) is 0 Å². The van der Waals surface area contributed by atoms with Gasteiger partial charge in [0.05, 0.1) is 12.1 Å². The van der Waals surface area contributed by atoms with Crippen LogP contribution in [0, 0.1) is 11.3 Å². The highest BCUT2D eigenvalue weighted by Gasteiger charge is 2.31. The maximum absolute atomic E-state index is 12.4. The van der Waals surface area contributed by atoms with E-state index in [1.165, 1.54) is 0 Å². The van der Waals surface area contributed by atoms with E-state index in [9.17, 15) is 9.59 Å². The summed E-state index contributed by atoms with van der Waals surface area (Å²) in [4.78, 5) is 24.5. The van der Waals surface area contributed by atoms with E-state index in [0.717, 1.165) is 0 Å². The van der Waals surface area contributed by atoms with Crippen LogP contribution in [0.2, 0.25) is 0 Å². The van der Waals surface area contributed by atoms with Crippen LogP contribution in [0.1, 0.15) is 62.3 Å². The highest BCUT2D eigenvalue weighted by Crippen LogP contribution is 2.17. The Bertz CT molecular complexity index is 348. The Morgan fingerprint density at radius 1 is 0.900 bits per heavy atom. The number of ketones is 1. The van der Waals surface area contributed by atoms with E-state index in [4.69, 9.17) is 0 Å². The van der Waals surface area contributed by atoms with Crippen LogP contribution in [0.4, 0.5) is 0 Å². The molecule has 4 heteroatoms. The Hall–Kier alpha value is -0.900. The monoisotopic (exact) mass is 284 g/mol. The highest BCUT2D eigenvalue weighted by atomic mass is 16.2. The van der Waals surface area contributed by atoms with Gasteiger partial charge in [-0.1, -0.05) is 34.6 Å². The summed E-state index contributed by atoms with van der Waals surface area (Å²) < 4.78 is 0. The van der Waals surface area contributed by atoms with E-state index < -0.39 is 11.5 Å². The summed E-state index contributed by atoms with van der Waals surface area (Å²) in [5, 5.41) is 6.15. The molecule has 0 heterocycles. The van der Waals surface area contributed by atoms with E-state index in [-0.39, 0.29) is 29.2 Å². The average molecular weight is 284 g/mol. The second kappa shape index (κ2) is 6.70. The van der Waals surface area contributed by atoms with Crippen molar-refractivity contribution in [2.24, 2.45) is 11.3 Å². The molecule has 20 heavy (non-hydrogen) atoms. The summed E-state index contributed by atoms with van der Waals surface area (Å²) in [7, 11) is 0. The van der Waals surface area contributed by atoms with Crippen molar-refractivity contribution in [3.63, 3.8) is 0 Å². The van der Waals surface area contributed by atoms with Crippen molar-refractivity contribution < 1.29 is 9.59 Å². The van der Waals surface area contributed by atoms with Crippen LogP contribution in [0.5, 0.6) is 0 Å². The number of hydrogen-bond acceptors (Lipinski definition) is 3. The van der Waals surface area contributed by atoms with Crippen molar-refractivity contribution in [3.8, 4) is 0 Å². The van der Waals surface area contributed by atoms with Crippen molar-refractivity contribution in [1.82, 2.24) is 10.6 Å². The summed E-state index contributed by atoms with van der Waals surface area (Å²) in [6.07, 6.45) is 0. The van der Waals surface area contributed by atoms with Crippen molar-refractivity contribution >= 4 is 11.7 Å². The molecular weight excluding hydrogens is 252 g/mol. The predicted molar refractivity (Wildman–Crippen MR) is 83.6 cm³/mol. The van der Waals surface area contributed by atoms with Crippen molar-refractivity contribution in [3.05, 3.63) is 0 Å². The summed E-state index contributed by atoms with van der Waals surface area (Å²) in [5.41, 5.74) is -0.596. The minimum atomic E-state index is -0.467. The maximum Gasteiger partial charge on any atom is 0.237 e. The molecule has 1 amide bonds. The molecule has 0 aliphatic carbocycles. The van der Waals surface area contributed by atoms with E-state index in [0.29, 0.717) is 0 Å². The fraction of sp³-hybridized carbons (Fsp3) is 0.875. The molecule has 0 aliphatic rings. The van der Waals surface area contributed by atoms with Gasteiger partial charge < -0.3 is 10.6 Å². The second-order valence-corrected chi connectivity index (χ2v) is 7.96. The number of hydrogen-bond donors (Lipinski definition) is 2. The molecule has 2 unspecified atom stereocenters. The van der Waals surface area contributed by atoms with Gasteiger partial charge in [0.15, 0.2) is 5.78 Å². The third-order valence-electron chi connectivity index (χ3n) is 3.03. The topological polar surface area (TPSA) is 58.2 Å². The minimum Gasteiger partial charge on any atom is -0.345 e. The molecule has 0 aliphatic heterocycles. The smallest absolute Gasteiger partial charge is 0.237 e. The fourth-order valence-electron chi connectivity index (χ4n) is 2.02. The van der Waals surface area contributed by atoms with Crippen LogP contribution >= 0.6 is 0 Å². The molecular formula is C16H32N2O2. The number of rotatable bonds is 5. The largest absolute Gasteiger partial charge is 0.345 e. The van der Waals surface area contributed by atoms with E-state index in [2.05, 4.69) is 10.6 Å². The zero-order chi connectivity index (χ0) is 16.3. The Balaban J connectivity index is 4.83. The van der Waals surface area contributed by atoms with Crippen LogP contribution in [0.3, 0.4) is 0 Å². The van der Waals surface area contributed by atoms with Crippen LogP contribution in [0.25, 0.3) is 0 Å². The minimum absolute atomic E-state index is 0.0455. The van der Waals surface area contributed by atoms with E-state index >= 15 is 0 Å². The average Bonchev–Trinajstić information content (AvgIpc) is 2.21. The Labute approximate surface area is 124 Å². The lowest BCUT2D eigenvalue weighted by atomic mass is 9.87. The molecule has 0 saturated carbocycles. The molecule has 0 rings (SSSR count). The molecule has 0 spiro atoms. The first-order valence-electron chi connectivity index (χ1n) is 7.38. The molecule has 0 aromatic rings. The van der Waals surface area contributed by atoms with Gasteiger partial charge in [0, 0.05) is 11.0 Å². The molecule has 0 bridgehead atoms. The fourth-order valence-corrected chi connectivity index (χ4v) is 2.02. The molecule has 2 atom stereocenters. The van der Waals surface area contributed by atoms with Gasteiger partial charge in [-0.25, -0.2) is 0 Å². The van der Waals surface area contributed by atoms with Crippen molar-refractivity contribution in [1.29, 1.82) is 0 Å². The standard InChI is InChI=1S/C16H32N2O2/c1-10(2)12(18-16(7,8)9)14(20)17-11(3)13(19)15(4,5)6/h10-12,18H,1-9H3,(H,17,20). The molecule has 2 N–H and O–H groups in total. The third-order valence-corrected chi connectivity index (χ3v) is 3.03. The van der Waals surface area contributed by atoms with Crippen LogP contribution in [0.15, 0.2) is 0 Å². The van der Waals surface area contributed by atoms with Crippen LogP contribution in [-0.4, -0.2) is 29.3 Å². The van der Waals surface area contributed by atoms with Gasteiger partial charge in [0.2, 0.25) is 5.91 Å². The van der Waals surface area contributed by atoms with E-state index in [1.54, 1.807) is 6.92 Å². The lowest BCUT2D eigenvalue weighted by Gasteiger charge is -2.31. The number of Topliss-reactive ketones (excluding diaryl/α,β-unsaturated/α-hetero) is 1. The SMILES string of the molecule is CC(NC(=O)C(NC(C)(C)C)C(C)C)C(=O)C(C)(C)C. The van der Waals surface area contributed by atoms with Crippen LogP contribution < -0.4 is 10.6 Å². The van der Waals surface area contributed by atoms with Crippen LogP contribution in [-0.2, 0) is 9.59 Å². The Morgan fingerprint density at radius 2 is 1.35 bits per heavy atom. The summed E-state index contributed by atoms with van der Waals surface area (Å²) in [5.74, 6) is 0.0929. The third kappa shape index (κ3) is 6.51. The summed E-state index contributed by atoms with van der Waals surface area (Å²) in [6, 6.07) is -0.768. The zero-order valence-corrected chi connectivity index (χ0v) is 14.5. The molecule has 0 fully saturated rings. The maximum atomic E-state index is 12.4. The van der Waals surface area contributed by atoms with Gasteiger partial charge in [0.1, 0.15) is 0 Å².